The van der Waals surface area contributed by atoms with Crippen LogP contribution in [0.2, 0.25) is 0 Å². The summed E-state index contributed by atoms with van der Waals surface area (Å²) in [6, 6.07) is 19.9. The lowest BCUT2D eigenvalue weighted by Gasteiger charge is -2.03. The van der Waals surface area contributed by atoms with Crippen LogP contribution in [0.3, 0.4) is 0 Å². The van der Waals surface area contributed by atoms with Gasteiger partial charge in [-0.1, -0.05) is 35.9 Å². The van der Waals surface area contributed by atoms with Gasteiger partial charge in [-0.25, -0.2) is 4.98 Å². The van der Waals surface area contributed by atoms with Crippen molar-refractivity contribution in [3.05, 3.63) is 101 Å². The van der Waals surface area contributed by atoms with Crippen molar-refractivity contribution in [2.24, 2.45) is 0 Å². The second-order valence-electron chi connectivity index (χ2n) is 7.49. The number of pyridine rings is 1. The lowest BCUT2D eigenvalue weighted by atomic mass is 10.0. The van der Waals surface area contributed by atoms with Gasteiger partial charge in [0.1, 0.15) is 5.76 Å². The number of aryl methyl sites for hydroxylation is 3. The van der Waals surface area contributed by atoms with Gasteiger partial charge in [-0.05, 0) is 56.2 Å². The third-order valence-corrected chi connectivity index (χ3v) is 6.13. The summed E-state index contributed by atoms with van der Waals surface area (Å²) in [6.07, 6.45) is 4.69. The Labute approximate surface area is 186 Å². The summed E-state index contributed by atoms with van der Waals surface area (Å²) in [4.78, 5) is 22.5. The smallest absolute Gasteiger partial charge is 0.226 e. The number of hydrogen-bond donors (Lipinski definition) is 0. The number of rotatable bonds is 8. The number of nitrogens with zero attached hydrogens (tertiary/aromatic N) is 2. The van der Waals surface area contributed by atoms with E-state index in [0.29, 0.717) is 24.3 Å². The van der Waals surface area contributed by atoms with E-state index in [9.17, 15) is 4.79 Å². The van der Waals surface area contributed by atoms with Crippen molar-refractivity contribution in [2.45, 2.75) is 37.3 Å². The lowest BCUT2D eigenvalue weighted by molar-refractivity contribution is 0.0983. The second-order valence-corrected chi connectivity index (χ2v) is 8.53. The maximum Gasteiger partial charge on any atom is 0.226 e. The molecule has 0 saturated heterocycles. The molecule has 0 amide bonds. The Balaban J connectivity index is 1.38. The molecule has 0 aliphatic heterocycles. The first-order chi connectivity index (χ1) is 15.1. The van der Waals surface area contributed by atoms with E-state index in [2.05, 4.69) is 41.2 Å². The Kier molecular flexibility index (Phi) is 6.63. The van der Waals surface area contributed by atoms with Crippen molar-refractivity contribution in [1.29, 1.82) is 0 Å². The van der Waals surface area contributed by atoms with Gasteiger partial charge in [0.25, 0.3) is 0 Å². The lowest BCUT2D eigenvalue weighted by Crippen LogP contribution is -2.01. The Morgan fingerprint density at radius 2 is 1.77 bits per heavy atom. The number of hydrogen-bond acceptors (Lipinski definition) is 5. The molecule has 0 spiro atoms. The van der Waals surface area contributed by atoms with Crippen LogP contribution in [0.25, 0.3) is 11.5 Å². The van der Waals surface area contributed by atoms with Crippen molar-refractivity contribution in [1.82, 2.24) is 9.97 Å². The van der Waals surface area contributed by atoms with Crippen LogP contribution in [-0.2, 0) is 12.2 Å². The van der Waals surface area contributed by atoms with Crippen LogP contribution in [0.1, 0.15) is 39.4 Å². The maximum atomic E-state index is 12.5. The van der Waals surface area contributed by atoms with Crippen molar-refractivity contribution < 1.29 is 9.21 Å². The van der Waals surface area contributed by atoms with Crippen LogP contribution in [-0.4, -0.2) is 15.8 Å². The molecule has 0 fully saturated rings. The van der Waals surface area contributed by atoms with E-state index in [1.165, 1.54) is 10.5 Å². The molecule has 31 heavy (non-hydrogen) atoms. The van der Waals surface area contributed by atoms with Crippen molar-refractivity contribution in [3.63, 3.8) is 0 Å². The van der Waals surface area contributed by atoms with Crippen LogP contribution in [0.5, 0.6) is 0 Å². The highest BCUT2D eigenvalue weighted by Gasteiger charge is 2.13. The standard InChI is InChI=1S/C26H24N2O2S/c1-18-5-12-23(13-6-18)31-17-24-19(2)30-26(28-24)22-10-8-21(9-11-22)25(29)14-7-20-4-3-15-27-16-20/h3-6,8-13,15-16H,7,14,17H2,1-2H3. The van der Waals surface area contributed by atoms with Gasteiger partial charge in [0.15, 0.2) is 5.78 Å². The van der Waals surface area contributed by atoms with Gasteiger partial charge in [0, 0.05) is 40.6 Å². The third kappa shape index (κ3) is 5.50. The molecular weight excluding hydrogens is 404 g/mol. The molecule has 2 aromatic carbocycles. The highest BCUT2D eigenvalue weighted by atomic mass is 32.2. The van der Waals surface area contributed by atoms with E-state index in [-0.39, 0.29) is 5.78 Å². The summed E-state index contributed by atoms with van der Waals surface area (Å²) in [5.74, 6) is 2.29. The van der Waals surface area contributed by atoms with Crippen LogP contribution in [0, 0.1) is 13.8 Å². The molecule has 4 nitrogen and oxygen atoms in total. The number of thioether (sulfide) groups is 1. The van der Waals surface area contributed by atoms with E-state index in [1.54, 1.807) is 24.2 Å². The third-order valence-electron chi connectivity index (χ3n) is 5.11. The van der Waals surface area contributed by atoms with E-state index >= 15 is 0 Å². The molecule has 2 heterocycles. The van der Waals surface area contributed by atoms with Crippen molar-refractivity contribution in [2.75, 3.05) is 0 Å². The molecule has 0 aliphatic carbocycles. The summed E-state index contributed by atoms with van der Waals surface area (Å²) >= 11 is 1.74. The van der Waals surface area contributed by atoms with E-state index in [4.69, 9.17) is 4.42 Å². The number of carbonyl (C=O) groups excluding carboxylic acids is 1. The van der Waals surface area contributed by atoms with Gasteiger partial charge >= 0.3 is 0 Å². The Morgan fingerprint density at radius 1 is 1.00 bits per heavy atom. The van der Waals surface area contributed by atoms with Gasteiger partial charge in [-0.3, -0.25) is 9.78 Å². The number of oxazole rings is 1. The van der Waals surface area contributed by atoms with Gasteiger partial charge in [-0.2, -0.15) is 0 Å². The fourth-order valence-electron chi connectivity index (χ4n) is 3.22. The molecule has 0 aliphatic rings. The largest absolute Gasteiger partial charge is 0.441 e. The highest BCUT2D eigenvalue weighted by Crippen LogP contribution is 2.28. The number of ketones is 1. The topological polar surface area (TPSA) is 56.0 Å². The zero-order valence-corrected chi connectivity index (χ0v) is 18.5. The monoisotopic (exact) mass is 428 g/mol. The maximum absolute atomic E-state index is 12.5. The molecule has 0 radical (unpaired) electrons. The predicted octanol–water partition coefficient (Wildman–Crippen LogP) is 6.46. The molecule has 156 valence electrons. The molecule has 0 unspecified atom stereocenters. The van der Waals surface area contributed by atoms with E-state index in [1.807, 2.05) is 43.3 Å². The SMILES string of the molecule is Cc1ccc(SCc2nc(-c3ccc(C(=O)CCc4cccnc4)cc3)oc2C)cc1. The molecule has 0 atom stereocenters. The number of aromatic nitrogens is 2. The molecule has 2 aromatic heterocycles. The van der Waals surface area contributed by atoms with Gasteiger partial charge in [-0.15, -0.1) is 11.8 Å². The molecule has 0 saturated carbocycles. The molecule has 4 aromatic rings. The summed E-state index contributed by atoms with van der Waals surface area (Å²) in [5.41, 5.74) is 4.84. The zero-order chi connectivity index (χ0) is 21.6. The average molecular weight is 429 g/mol. The summed E-state index contributed by atoms with van der Waals surface area (Å²) in [6.45, 7) is 4.03. The average Bonchev–Trinajstić information content (AvgIpc) is 3.18. The summed E-state index contributed by atoms with van der Waals surface area (Å²) in [7, 11) is 0. The van der Waals surface area contributed by atoms with Gasteiger partial charge < -0.3 is 4.42 Å². The summed E-state index contributed by atoms with van der Waals surface area (Å²) in [5, 5.41) is 0. The fraction of sp³-hybridized carbons (Fsp3) is 0.192. The summed E-state index contributed by atoms with van der Waals surface area (Å²) < 4.78 is 5.90. The Morgan fingerprint density at radius 3 is 2.48 bits per heavy atom. The zero-order valence-electron chi connectivity index (χ0n) is 17.7. The number of Topliss-reactive ketones (excluding diaryl/α,β-unsaturated/α-hetero) is 1. The van der Waals surface area contributed by atoms with Crippen LogP contribution < -0.4 is 0 Å². The second kappa shape index (κ2) is 9.75. The normalized spacial score (nSPS) is 10.9. The van der Waals surface area contributed by atoms with Crippen molar-refractivity contribution >= 4 is 17.5 Å². The first-order valence-corrected chi connectivity index (χ1v) is 11.3. The van der Waals surface area contributed by atoms with Gasteiger partial charge in [0.05, 0.1) is 5.69 Å². The van der Waals surface area contributed by atoms with Crippen molar-refractivity contribution in [3.8, 4) is 11.5 Å². The Hall–Kier alpha value is -3.18. The predicted molar refractivity (Wildman–Crippen MR) is 124 cm³/mol. The number of carbonyl (C=O) groups is 1. The molecular formula is C26H24N2O2S. The Bertz CT molecular complexity index is 1150. The van der Waals surface area contributed by atoms with Crippen LogP contribution >= 0.6 is 11.8 Å². The van der Waals surface area contributed by atoms with Crippen LogP contribution in [0.4, 0.5) is 0 Å². The minimum atomic E-state index is 0.120. The van der Waals surface area contributed by atoms with Crippen LogP contribution in [0.15, 0.2) is 82.4 Å². The molecule has 0 N–H and O–H groups in total. The fourth-order valence-corrected chi connectivity index (χ4v) is 4.12. The molecule has 5 heteroatoms. The molecule has 0 bridgehead atoms. The quantitative estimate of drug-likeness (QED) is 0.238. The number of benzene rings is 2. The highest BCUT2D eigenvalue weighted by molar-refractivity contribution is 7.98. The van der Waals surface area contributed by atoms with E-state index < -0.39 is 0 Å². The minimum absolute atomic E-state index is 0.120. The first-order valence-electron chi connectivity index (χ1n) is 10.3. The van der Waals surface area contributed by atoms with E-state index in [0.717, 1.165) is 28.3 Å². The minimum Gasteiger partial charge on any atom is -0.441 e. The molecule has 4 rings (SSSR count). The first kappa shape index (κ1) is 21.1. The van der Waals surface area contributed by atoms with Gasteiger partial charge in [0.2, 0.25) is 5.89 Å².